The Hall–Kier alpha value is -2.01. The maximum absolute atomic E-state index is 12.0. The van der Waals surface area contributed by atoms with Gasteiger partial charge in [0.05, 0.1) is 6.20 Å². The molecule has 0 radical (unpaired) electrons. The zero-order chi connectivity index (χ0) is 16.2. The van der Waals surface area contributed by atoms with E-state index in [4.69, 9.17) is 11.6 Å². The highest BCUT2D eigenvalue weighted by Crippen LogP contribution is 2.24. The Morgan fingerprint density at radius 1 is 1.39 bits per heavy atom. The lowest BCUT2D eigenvalue weighted by Gasteiger charge is -2.19. The number of carbonyl (C=O) groups is 1. The highest BCUT2D eigenvalue weighted by atomic mass is 35.5. The number of nitrogens with zero attached hydrogens (tertiary/aromatic N) is 3. The van der Waals surface area contributed by atoms with Gasteiger partial charge in [-0.3, -0.25) is 9.48 Å². The van der Waals surface area contributed by atoms with Crippen molar-refractivity contribution >= 4 is 23.2 Å². The summed E-state index contributed by atoms with van der Waals surface area (Å²) < 4.78 is 1.67. The molecule has 0 spiro atoms. The van der Waals surface area contributed by atoms with Crippen molar-refractivity contribution in [3.05, 3.63) is 47.2 Å². The molecule has 122 valence electrons. The third-order valence-electron chi connectivity index (χ3n) is 4.13. The molecule has 6 heteroatoms. The number of rotatable bonds is 5. The van der Waals surface area contributed by atoms with Gasteiger partial charge < -0.3 is 10.2 Å². The van der Waals surface area contributed by atoms with Crippen molar-refractivity contribution in [2.24, 2.45) is 5.92 Å². The molecule has 1 aliphatic rings. The van der Waals surface area contributed by atoms with Crippen molar-refractivity contribution in [3.8, 4) is 0 Å². The third-order valence-corrected chi connectivity index (χ3v) is 4.39. The van der Waals surface area contributed by atoms with Crippen molar-refractivity contribution < 1.29 is 4.79 Å². The van der Waals surface area contributed by atoms with E-state index >= 15 is 0 Å². The number of carbonyl (C=O) groups excluding carboxylic acids is 1. The van der Waals surface area contributed by atoms with Crippen molar-refractivity contribution in [2.75, 3.05) is 24.5 Å². The van der Waals surface area contributed by atoms with Gasteiger partial charge in [0.2, 0.25) is 5.91 Å². The molecule has 1 N–H and O–H groups in total. The Balaban J connectivity index is 1.44. The Morgan fingerprint density at radius 3 is 2.87 bits per heavy atom. The maximum Gasteiger partial charge on any atom is 0.241 e. The second-order valence-corrected chi connectivity index (χ2v) is 6.53. The SMILES string of the molecule is Cc1cnn(CC(=O)NC[C@@H]2CCN(c3ccc(Cl)cc3)C2)c1. The number of anilines is 1. The van der Waals surface area contributed by atoms with E-state index in [1.165, 1.54) is 5.69 Å². The van der Waals surface area contributed by atoms with Gasteiger partial charge in [0, 0.05) is 36.5 Å². The normalized spacial score (nSPS) is 17.5. The average Bonchev–Trinajstić information content (AvgIpc) is 3.15. The number of aryl methyl sites for hydroxylation is 1. The van der Waals surface area contributed by atoms with E-state index in [1.54, 1.807) is 10.9 Å². The van der Waals surface area contributed by atoms with E-state index in [-0.39, 0.29) is 12.5 Å². The maximum atomic E-state index is 12.0. The van der Waals surface area contributed by atoms with Gasteiger partial charge >= 0.3 is 0 Å². The molecular weight excluding hydrogens is 312 g/mol. The topological polar surface area (TPSA) is 50.2 Å². The van der Waals surface area contributed by atoms with Crippen LogP contribution in [0.5, 0.6) is 0 Å². The van der Waals surface area contributed by atoms with Crippen LogP contribution >= 0.6 is 11.6 Å². The molecule has 0 saturated carbocycles. The smallest absolute Gasteiger partial charge is 0.241 e. The Bertz CT molecular complexity index is 667. The summed E-state index contributed by atoms with van der Waals surface area (Å²) in [5.41, 5.74) is 2.25. The Kier molecular flexibility index (Phi) is 4.86. The number of halogens is 1. The summed E-state index contributed by atoms with van der Waals surface area (Å²) in [4.78, 5) is 14.3. The van der Waals surface area contributed by atoms with Gasteiger partial charge in [-0.15, -0.1) is 0 Å². The summed E-state index contributed by atoms with van der Waals surface area (Å²) in [6.07, 6.45) is 4.72. The lowest BCUT2D eigenvalue weighted by Crippen LogP contribution is -2.33. The fraction of sp³-hybridized carbons (Fsp3) is 0.412. The first-order valence-corrected chi connectivity index (χ1v) is 8.24. The zero-order valence-electron chi connectivity index (χ0n) is 13.2. The molecule has 1 aromatic carbocycles. The second kappa shape index (κ2) is 7.04. The molecule has 3 rings (SSSR count). The Labute approximate surface area is 141 Å². The molecule has 0 unspecified atom stereocenters. The number of nitrogens with one attached hydrogen (secondary N) is 1. The fourth-order valence-corrected chi connectivity index (χ4v) is 3.03. The van der Waals surface area contributed by atoms with Gasteiger partial charge in [0.1, 0.15) is 6.54 Å². The van der Waals surface area contributed by atoms with E-state index < -0.39 is 0 Å². The van der Waals surface area contributed by atoms with Crippen molar-refractivity contribution in [2.45, 2.75) is 19.9 Å². The average molecular weight is 333 g/mol. The van der Waals surface area contributed by atoms with Crippen molar-refractivity contribution in [1.82, 2.24) is 15.1 Å². The predicted molar refractivity (Wildman–Crippen MR) is 91.7 cm³/mol. The summed E-state index contributed by atoms with van der Waals surface area (Å²) in [6.45, 7) is 4.93. The van der Waals surface area contributed by atoms with Gasteiger partial charge in [0.15, 0.2) is 0 Å². The molecule has 0 bridgehead atoms. The minimum absolute atomic E-state index is 0.0121. The van der Waals surface area contributed by atoms with Gasteiger partial charge in [-0.2, -0.15) is 5.10 Å². The number of aromatic nitrogens is 2. The minimum atomic E-state index is 0.0121. The van der Waals surface area contributed by atoms with Crippen molar-refractivity contribution in [1.29, 1.82) is 0 Å². The molecule has 2 aromatic rings. The molecule has 2 heterocycles. The van der Waals surface area contributed by atoms with Gasteiger partial charge in [-0.25, -0.2) is 0 Å². The molecule has 1 aromatic heterocycles. The molecule has 23 heavy (non-hydrogen) atoms. The summed E-state index contributed by atoms with van der Waals surface area (Å²) in [5.74, 6) is 0.493. The zero-order valence-corrected chi connectivity index (χ0v) is 14.0. The van der Waals surface area contributed by atoms with Crippen molar-refractivity contribution in [3.63, 3.8) is 0 Å². The summed E-state index contributed by atoms with van der Waals surface area (Å²) in [6, 6.07) is 7.92. The molecule has 0 aliphatic carbocycles. The van der Waals surface area contributed by atoms with Crippen LogP contribution in [0.15, 0.2) is 36.7 Å². The number of hydrogen-bond donors (Lipinski definition) is 1. The van der Waals surface area contributed by atoms with Crippen LogP contribution < -0.4 is 10.2 Å². The van der Waals surface area contributed by atoms with E-state index in [0.29, 0.717) is 12.5 Å². The highest BCUT2D eigenvalue weighted by Gasteiger charge is 2.23. The number of benzene rings is 1. The molecule has 1 saturated heterocycles. The standard InChI is InChI=1S/C17H21ClN4O/c1-13-8-20-22(10-13)12-17(23)19-9-14-6-7-21(11-14)16-4-2-15(18)3-5-16/h2-5,8,10,14H,6-7,9,11-12H2,1H3,(H,19,23)/t14-/m0/s1. The first-order valence-electron chi connectivity index (χ1n) is 7.86. The summed E-state index contributed by atoms with van der Waals surface area (Å²) >= 11 is 5.93. The first-order chi connectivity index (χ1) is 11.1. The van der Waals surface area contributed by atoms with Crippen LogP contribution in [-0.4, -0.2) is 35.3 Å². The second-order valence-electron chi connectivity index (χ2n) is 6.10. The van der Waals surface area contributed by atoms with E-state index in [2.05, 4.69) is 15.3 Å². The molecule has 1 aliphatic heterocycles. The summed E-state index contributed by atoms with van der Waals surface area (Å²) in [5, 5.41) is 7.90. The third kappa shape index (κ3) is 4.26. The van der Waals surface area contributed by atoms with E-state index in [1.807, 2.05) is 37.4 Å². The minimum Gasteiger partial charge on any atom is -0.371 e. The van der Waals surface area contributed by atoms with E-state index in [0.717, 1.165) is 30.1 Å². The molecule has 5 nitrogen and oxygen atoms in total. The monoisotopic (exact) mass is 332 g/mol. The first kappa shape index (κ1) is 15.9. The molecule has 1 fully saturated rings. The molecule has 1 atom stereocenters. The van der Waals surface area contributed by atoms with Gasteiger partial charge in [-0.05, 0) is 49.1 Å². The van der Waals surface area contributed by atoms with Gasteiger partial charge in [-0.1, -0.05) is 11.6 Å². The lowest BCUT2D eigenvalue weighted by atomic mass is 10.1. The number of hydrogen-bond acceptors (Lipinski definition) is 3. The van der Waals surface area contributed by atoms with Crippen LogP contribution in [0, 0.1) is 12.8 Å². The van der Waals surface area contributed by atoms with Crippen LogP contribution in [0.1, 0.15) is 12.0 Å². The highest BCUT2D eigenvalue weighted by molar-refractivity contribution is 6.30. The Morgan fingerprint density at radius 2 is 2.17 bits per heavy atom. The summed E-state index contributed by atoms with van der Waals surface area (Å²) in [7, 11) is 0. The largest absolute Gasteiger partial charge is 0.371 e. The van der Waals surface area contributed by atoms with Crippen LogP contribution in [0.3, 0.4) is 0 Å². The van der Waals surface area contributed by atoms with Crippen LogP contribution in [0.4, 0.5) is 5.69 Å². The van der Waals surface area contributed by atoms with E-state index in [9.17, 15) is 4.79 Å². The lowest BCUT2D eigenvalue weighted by molar-refractivity contribution is -0.122. The van der Waals surface area contributed by atoms with Crippen LogP contribution in [0.25, 0.3) is 0 Å². The van der Waals surface area contributed by atoms with Gasteiger partial charge in [0.25, 0.3) is 0 Å². The quantitative estimate of drug-likeness (QED) is 0.915. The van der Waals surface area contributed by atoms with Crippen LogP contribution in [-0.2, 0) is 11.3 Å². The molecule has 1 amide bonds. The molecular formula is C17H21ClN4O. The van der Waals surface area contributed by atoms with Crippen LogP contribution in [0.2, 0.25) is 5.02 Å². The fourth-order valence-electron chi connectivity index (χ4n) is 2.90. The number of amides is 1. The predicted octanol–water partition coefficient (Wildman–Crippen LogP) is 2.49.